The lowest BCUT2D eigenvalue weighted by atomic mass is 9.95. The number of anilines is 1. The van der Waals surface area contributed by atoms with Gasteiger partial charge in [0.2, 0.25) is 0 Å². The molecule has 0 aliphatic carbocycles. The summed E-state index contributed by atoms with van der Waals surface area (Å²) in [5.41, 5.74) is 5.27. The molecule has 0 unspecified atom stereocenters. The second-order valence-electron chi connectivity index (χ2n) is 8.37. The second kappa shape index (κ2) is 7.98. The lowest BCUT2D eigenvalue weighted by molar-refractivity contribution is -0.132. The molecule has 4 aromatic rings. The molecule has 5 nitrogen and oxygen atoms in total. The van der Waals surface area contributed by atoms with Gasteiger partial charge in [0.25, 0.3) is 5.78 Å². The van der Waals surface area contributed by atoms with Crippen LogP contribution in [0.15, 0.2) is 72.3 Å². The summed E-state index contributed by atoms with van der Waals surface area (Å²) in [6.45, 7) is 5.95. The minimum Gasteiger partial charge on any atom is -0.507 e. The molecule has 2 heterocycles. The number of nitrogens with zero attached hydrogens (tertiary/aromatic N) is 2. The molecule has 1 aliphatic heterocycles. The van der Waals surface area contributed by atoms with Crippen molar-refractivity contribution < 1.29 is 14.7 Å². The number of Topliss-reactive ketones (excluding diaryl/α,β-unsaturated/α-hetero) is 1. The summed E-state index contributed by atoms with van der Waals surface area (Å²) in [4.78, 5) is 32.7. The molecule has 1 N–H and O–H groups in total. The van der Waals surface area contributed by atoms with Crippen molar-refractivity contribution in [2.24, 2.45) is 0 Å². The summed E-state index contributed by atoms with van der Waals surface area (Å²) in [5.74, 6) is -1.59. The standard InChI is InChI=1S/C27H22N2O3S/c1-15-9-11-19(12-10-15)24(30)21-23(18-7-5-4-6-8-18)29(26(32)25(21)31)27-28-22-17(3)13-16(2)14-20(22)33-27/h4-14,23,30H,1-3H3/t23-/m0/s1. The van der Waals surface area contributed by atoms with E-state index in [1.165, 1.54) is 16.2 Å². The van der Waals surface area contributed by atoms with Crippen LogP contribution in [0.1, 0.15) is 33.9 Å². The van der Waals surface area contributed by atoms with Crippen molar-refractivity contribution in [2.75, 3.05) is 4.90 Å². The van der Waals surface area contributed by atoms with E-state index >= 15 is 0 Å². The highest BCUT2D eigenvalue weighted by atomic mass is 32.1. The average molecular weight is 455 g/mol. The number of hydrogen-bond acceptors (Lipinski definition) is 5. The van der Waals surface area contributed by atoms with Crippen molar-refractivity contribution in [3.63, 3.8) is 0 Å². The Morgan fingerprint density at radius 2 is 1.64 bits per heavy atom. The van der Waals surface area contributed by atoms with E-state index in [0.717, 1.165) is 32.5 Å². The van der Waals surface area contributed by atoms with Gasteiger partial charge in [0.15, 0.2) is 5.13 Å². The number of ketones is 1. The molecule has 1 amide bonds. The number of amides is 1. The number of rotatable bonds is 3. The third-order valence-corrected chi connectivity index (χ3v) is 6.91. The van der Waals surface area contributed by atoms with Gasteiger partial charge in [0, 0.05) is 5.56 Å². The maximum absolute atomic E-state index is 13.3. The van der Waals surface area contributed by atoms with Crippen LogP contribution in [0.3, 0.4) is 0 Å². The van der Waals surface area contributed by atoms with E-state index in [1.54, 1.807) is 12.1 Å². The summed E-state index contributed by atoms with van der Waals surface area (Å²) in [7, 11) is 0. The molecule has 1 atom stereocenters. The number of fused-ring (bicyclic) bond motifs is 1. The molecular formula is C27H22N2O3S. The fourth-order valence-corrected chi connectivity index (χ4v) is 5.48. The monoisotopic (exact) mass is 454 g/mol. The van der Waals surface area contributed by atoms with Gasteiger partial charge in [-0.2, -0.15) is 0 Å². The zero-order valence-electron chi connectivity index (χ0n) is 18.5. The number of aliphatic hydroxyl groups excluding tert-OH is 1. The number of aliphatic hydroxyl groups is 1. The Balaban J connectivity index is 1.73. The first-order chi connectivity index (χ1) is 15.8. The van der Waals surface area contributed by atoms with Gasteiger partial charge in [-0.3, -0.25) is 14.5 Å². The van der Waals surface area contributed by atoms with Gasteiger partial charge in [0.1, 0.15) is 5.76 Å². The number of aryl methyl sites for hydroxylation is 3. The number of benzene rings is 3. The molecule has 164 valence electrons. The minimum absolute atomic E-state index is 0.0715. The maximum Gasteiger partial charge on any atom is 0.301 e. The largest absolute Gasteiger partial charge is 0.507 e. The topological polar surface area (TPSA) is 70.5 Å². The van der Waals surface area contributed by atoms with Crippen LogP contribution >= 0.6 is 11.3 Å². The lowest BCUT2D eigenvalue weighted by Crippen LogP contribution is -2.29. The van der Waals surface area contributed by atoms with Gasteiger partial charge < -0.3 is 5.11 Å². The number of hydrogen-bond donors (Lipinski definition) is 1. The van der Waals surface area contributed by atoms with Crippen LogP contribution in [0, 0.1) is 20.8 Å². The van der Waals surface area contributed by atoms with E-state index in [-0.39, 0.29) is 11.3 Å². The molecule has 0 saturated carbocycles. The molecule has 0 spiro atoms. The van der Waals surface area contributed by atoms with Crippen molar-refractivity contribution in [1.82, 2.24) is 4.98 Å². The maximum atomic E-state index is 13.3. The van der Waals surface area contributed by atoms with E-state index in [4.69, 9.17) is 4.98 Å². The summed E-state index contributed by atoms with van der Waals surface area (Å²) in [5, 5.41) is 11.6. The fraction of sp³-hybridized carbons (Fsp3) is 0.148. The molecule has 3 aromatic carbocycles. The van der Waals surface area contributed by atoms with Gasteiger partial charge in [0.05, 0.1) is 21.8 Å². The van der Waals surface area contributed by atoms with Crippen LogP contribution in [0.25, 0.3) is 16.0 Å². The van der Waals surface area contributed by atoms with Crippen molar-refractivity contribution in [1.29, 1.82) is 0 Å². The van der Waals surface area contributed by atoms with E-state index in [0.29, 0.717) is 10.7 Å². The first-order valence-corrected chi connectivity index (χ1v) is 11.5. The Kier molecular flexibility index (Phi) is 5.10. The molecule has 1 aromatic heterocycles. The smallest absolute Gasteiger partial charge is 0.301 e. The van der Waals surface area contributed by atoms with Crippen LogP contribution in [0.5, 0.6) is 0 Å². The highest BCUT2D eigenvalue weighted by molar-refractivity contribution is 7.22. The zero-order chi connectivity index (χ0) is 23.3. The fourth-order valence-electron chi connectivity index (χ4n) is 4.31. The number of aromatic nitrogens is 1. The van der Waals surface area contributed by atoms with Crippen LogP contribution < -0.4 is 4.90 Å². The first-order valence-electron chi connectivity index (χ1n) is 10.7. The van der Waals surface area contributed by atoms with E-state index in [1.807, 2.05) is 75.4 Å². The summed E-state index contributed by atoms with van der Waals surface area (Å²) in [6, 6.07) is 19.8. The molecule has 33 heavy (non-hydrogen) atoms. The quantitative estimate of drug-likeness (QED) is 0.240. The van der Waals surface area contributed by atoms with Gasteiger partial charge >= 0.3 is 5.91 Å². The molecular weight excluding hydrogens is 432 g/mol. The summed E-state index contributed by atoms with van der Waals surface area (Å²) < 4.78 is 0.953. The predicted octanol–water partition coefficient (Wildman–Crippen LogP) is 5.85. The Morgan fingerprint density at radius 3 is 2.33 bits per heavy atom. The van der Waals surface area contributed by atoms with Crippen molar-refractivity contribution in [3.8, 4) is 0 Å². The highest BCUT2D eigenvalue weighted by Crippen LogP contribution is 2.44. The third-order valence-electron chi connectivity index (χ3n) is 5.91. The normalized spacial score (nSPS) is 17.8. The molecule has 5 rings (SSSR count). The minimum atomic E-state index is -0.769. The van der Waals surface area contributed by atoms with Gasteiger partial charge in [-0.15, -0.1) is 0 Å². The predicted molar refractivity (Wildman–Crippen MR) is 131 cm³/mol. The second-order valence-corrected chi connectivity index (χ2v) is 9.38. The molecule has 1 saturated heterocycles. The number of thiazole rings is 1. The van der Waals surface area contributed by atoms with Crippen LogP contribution in [-0.2, 0) is 9.59 Å². The first kappa shape index (κ1) is 21.1. The van der Waals surface area contributed by atoms with E-state index in [2.05, 4.69) is 0 Å². The molecule has 1 fully saturated rings. The Morgan fingerprint density at radius 1 is 0.939 bits per heavy atom. The molecule has 0 bridgehead atoms. The van der Waals surface area contributed by atoms with Crippen molar-refractivity contribution in [3.05, 3.63) is 100 Å². The lowest BCUT2D eigenvalue weighted by Gasteiger charge is -2.22. The van der Waals surface area contributed by atoms with Crippen LogP contribution in [0.2, 0.25) is 0 Å². The highest BCUT2D eigenvalue weighted by Gasteiger charge is 2.48. The molecule has 0 radical (unpaired) electrons. The Labute approximate surface area is 195 Å². The third kappa shape index (κ3) is 3.52. The van der Waals surface area contributed by atoms with Gasteiger partial charge in [-0.05, 0) is 43.5 Å². The van der Waals surface area contributed by atoms with E-state index in [9.17, 15) is 14.7 Å². The van der Waals surface area contributed by atoms with Crippen molar-refractivity contribution in [2.45, 2.75) is 26.8 Å². The number of carbonyl (C=O) groups excluding carboxylic acids is 2. The van der Waals surface area contributed by atoms with Crippen LogP contribution in [-0.4, -0.2) is 21.8 Å². The van der Waals surface area contributed by atoms with Crippen LogP contribution in [0.4, 0.5) is 5.13 Å². The van der Waals surface area contributed by atoms with Gasteiger partial charge in [-0.25, -0.2) is 4.98 Å². The molecule has 1 aliphatic rings. The van der Waals surface area contributed by atoms with Gasteiger partial charge in [-0.1, -0.05) is 77.6 Å². The average Bonchev–Trinajstić information content (AvgIpc) is 3.33. The Hall–Kier alpha value is -3.77. The van der Waals surface area contributed by atoms with E-state index < -0.39 is 17.7 Å². The molecule has 6 heteroatoms. The zero-order valence-corrected chi connectivity index (χ0v) is 19.3. The number of carbonyl (C=O) groups is 2. The Bertz CT molecular complexity index is 1440. The SMILES string of the molecule is Cc1ccc(C(O)=C2C(=O)C(=O)N(c3nc4c(C)cc(C)cc4s3)[C@H]2c2ccccc2)cc1. The van der Waals surface area contributed by atoms with Crippen molar-refractivity contribution >= 4 is 44.1 Å². The summed E-state index contributed by atoms with van der Waals surface area (Å²) >= 11 is 1.38. The summed E-state index contributed by atoms with van der Waals surface area (Å²) in [6.07, 6.45) is 0.